The largest absolute Gasteiger partial charge is 0.312 e. The molecule has 1 aliphatic rings. The number of amides is 2. The van der Waals surface area contributed by atoms with Crippen molar-refractivity contribution in [1.82, 2.24) is 10.2 Å². The molecule has 1 atom stereocenters. The van der Waals surface area contributed by atoms with E-state index in [4.69, 9.17) is 0 Å². The summed E-state index contributed by atoms with van der Waals surface area (Å²) in [5, 5.41) is 12.6. The van der Waals surface area contributed by atoms with Crippen LogP contribution in [-0.4, -0.2) is 28.6 Å². The zero-order valence-corrected chi connectivity index (χ0v) is 16.2. The van der Waals surface area contributed by atoms with E-state index >= 15 is 0 Å². The van der Waals surface area contributed by atoms with Crippen LogP contribution in [0.3, 0.4) is 0 Å². The molecule has 0 radical (unpaired) electrons. The monoisotopic (exact) mass is 372 g/mol. The molecule has 2 heterocycles. The molecule has 1 saturated heterocycles. The van der Waals surface area contributed by atoms with Crippen LogP contribution in [0.1, 0.15) is 49.6 Å². The van der Waals surface area contributed by atoms with Gasteiger partial charge in [-0.05, 0) is 31.9 Å². The molecule has 0 saturated carbocycles. The number of aromatic nitrogens is 2. The number of carbonyl (C=O) groups excluding carboxylic acids is 2. The minimum Gasteiger partial charge on any atom is -0.312 e. The van der Waals surface area contributed by atoms with E-state index in [1.54, 1.807) is 4.90 Å². The van der Waals surface area contributed by atoms with E-state index in [1.165, 1.54) is 11.3 Å². The van der Waals surface area contributed by atoms with Crippen LogP contribution in [0.2, 0.25) is 0 Å². The van der Waals surface area contributed by atoms with Crippen LogP contribution in [0.15, 0.2) is 24.3 Å². The van der Waals surface area contributed by atoms with Crippen LogP contribution in [0.4, 0.5) is 10.8 Å². The molecule has 6 nitrogen and oxygen atoms in total. The third-order valence-electron chi connectivity index (χ3n) is 4.85. The lowest BCUT2D eigenvalue weighted by molar-refractivity contribution is -0.122. The van der Waals surface area contributed by atoms with Crippen LogP contribution >= 0.6 is 11.3 Å². The number of nitrogens with one attached hydrogen (secondary N) is 1. The Morgan fingerprint density at radius 3 is 2.62 bits per heavy atom. The fourth-order valence-corrected chi connectivity index (χ4v) is 4.17. The predicted molar refractivity (Wildman–Crippen MR) is 104 cm³/mol. The van der Waals surface area contributed by atoms with Crippen molar-refractivity contribution < 1.29 is 9.59 Å². The molecule has 1 unspecified atom stereocenters. The van der Waals surface area contributed by atoms with E-state index < -0.39 is 0 Å². The summed E-state index contributed by atoms with van der Waals surface area (Å²) in [6.07, 6.45) is 2.22. The summed E-state index contributed by atoms with van der Waals surface area (Å²) in [7, 11) is 0. The zero-order chi connectivity index (χ0) is 18.7. The maximum Gasteiger partial charge on any atom is 0.231 e. The lowest BCUT2D eigenvalue weighted by Gasteiger charge is -2.16. The van der Waals surface area contributed by atoms with Crippen LogP contribution in [0.25, 0.3) is 0 Å². The summed E-state index contributed by atoms with van der Waals surface area (Å²) < 4.78 is 0. The minimum absolute atomic E-state index is 0.0241. The fraction of sp³-hybridized carbons (Fsp3) is 0.474. The van der Waals surface area contributed by atoms with Crippen molar-refractivity contribution in [3.8, 4) is 0 Å². The minimum atomic E-state index is -0.371. The molecule has 0 bridgehead atoms. The van der Waals surface area contributed by atoms with Gasteiger partial charge in [-0.3, -0.25) is 9.59 Å². The molecule has 0 aliphatic carbocycles. The molecule has 2 aromatic rings. The van der Waals surface area contributed by atoms with E-state index in [0.29, 0.717) is 17.6 Å². The number of nitrogens with zero attached hydrogens (tertiary/aromatic N) is 3. The predicted octanol–water partition coefficient (Wildman–Crippen LogP) is 3.74. The molecule has 1 N–H and O–H groups in total. The van der Waals surface area contributed by atoms with Gasteiger partial charge in [-0.2, -0.15) is 0 Å². The highest BCUT2D eigenvalue weighted by molar-refractivity contribution is 7.15. The number of hydrogen-bond acceptors (Lipinski definition) is 5. The van der Waals surface area contributed by atoms with Crippen molar-refractivity contribution in [2.45, 2.75) is 46.0 Å². The summed E-state index contributed by atoms with van der Waals surface area (Å²) in [6, 6.07) is 7.77. The Labute approximate surface area is 157 Å². The quantitative estimate of drug-likeness (QED) is 0.838. The summed E-state index contributed by atoms with van der Waals surface area (Å²) in [5.74, 6) is -0.184. The second-order valence-corrected chi connectivity index (χ2v) is 7.70. The lowest BCUT2D eigenvalue weighted by Crippen LogP contribution is -2.28. The van der Waals surface area contributed by atoms with Gasteiger partial charge in [0, 0.05) is 24.6 Å². The summed E-state index contributed by atoms with van der Waals surface area (Å²) >= 11 is 1.42. The van der Waals surface area contributed by atoms with E-state index in [-0.39, 0.29) is 24.2 Å². The van der Waals surface area contributed by atoms with Gasteiger partial charge in [0.15, 0.2) is 0 Å². The Balaban J connectivity index is 1.64. The molecule has 7 heteroatoms. The zero-order valence-electron chi connectivity index (χ0n) is 15.4. The topological polar surface area (TPSA) is 75.2 Å². The lowest BCUT2D eigenvalue weighted by atomic mass is 10.1. The smallest absolute Gasteiger partial charge is 0.231 e. The fourth-order valence-electron chi connectivity index (χ4n) is 3.15. The highest BCUT2D eigenvalue weighted by Gasteiger charge is 2.35. The van der Waals surface area contributed by atoms with Gasteiger partial charge in [0.1, 0.15) is 5.01 Å². The van der Waals surface area contributed by atoms with Crippen LogP contribution in [-0.2, 0) is 9.59 Å². The first-order valence-corrected chi connectivity index (χ1v) is 9.84. The van der Waals surface area contributed by atoms with Gasteiger partial charge in [0.05, 0.1) is 5.92 Å². The number of benzene rings is 1. The van der Waals surface area contributed by atoms with E-state index in [0.717, 1.165) is 29.1 Å². The number of rotatable bonds is 6. The van der Waals surface area contributed by atoms with Gasteiger partial charge >= 0.3 is 0 Å². The molecule has 26 heavy (non-hydrogen) atoms. The summed E-state index contributed by atoms with van der Waals surface area (Å²) in [4.78, 5) is 26.6. The maximum absolute atomic E-state index is 12.6. The molecule has 1 aromatic heterocycles. The van der Waals surface area contributed by atoms with Crippen LogP contribution in [0, 0.1) is 12.8 Å². The standard InChI is InChI=1S/C19H24N4O2S/c1-4-13(5-2)18-21-22-19(26-18)20-17(25)14-10-16(24)23(11-14)15-8-6-12(3)7-9-15/h6-9,13-14H,4-5,10-11H2,1-3H3,(H,20,22,25). The van der Waals surface area contributed by atoms with Gasteiger partial charge < -0.3 is 10.2 Å². The average molecular weight is 372 g/mol. The first-order chi connectivity index (χ1) is 12.5. The van der Waals surface area contributed by atoms with Crippen LogP contribution < -0.4 is 10.2 Å². The SMILES string of the molecule is CCC(CC)c1nnc(NC(=O)C2CC(=O)N(c3ccc(C)cc3)C2)s1. The maximum atomic E-state index is 12.6. The van der Waals surface area contributed by atoms with E-state index in [9.17, 15) is 9.59 Å². The van der Waals surface area contributed by atoms with Crippen molar-refractivity contribution in [1.29, 1.82) is 0 Å². The second kappa shape index (κ2) is 7.95. The molecule has 138 valence electrons. The van der Waals surface area contributed by atoms with Gasteiger partial charge in [-0.1, -0.05) is 42.9 Å². The van der Waals surface area contributed by atoms with Crippen molar-refractivity contribution in [3.63, 3.8) is 0 Å². The summed E-state index contributed by atoms with van der Waals surface area (Å²) in [5.41, 5.74) is 1.97. The molecule has 3 rings (SSSR count). The molecule has 0 spiro atoms. The number of anilines is 2. The van der Waals surface area contributed by atoms with E-state index in [1.807, 2.05) is 31.2 Å². The Morgan fingerprint density at radius 2 is 1.96 bits per heavy atom. The van der Waals surface area contributed by atoms with Crippen molar-refractivity contribution in [2.75, 3.05) is 16.8 Å². The Morgan fingerprint density at radius 1 is 1.27 bits per heavy atom. The van der Waals surface area contributed by atoms with E-state index in [2.05, 4.69) is 29.4 Å². The third-order valence-corrected chi connectivity index (χ3v) is 5.85. The van der Waals surface area contributed by atoms with Crippen molar-refractivity contribution in [2.24, 2.45) is 5.92 Å². The molecule has 1 aromatic carbocycles. The van der Waals surface area contributed by atoms with Crippen LogP contribution in [0.5, 0.6) is 0 Å². The molecule has 1 fully saturated rings. The Bertz CT molecular complexity index is 783. The third kappa shape index (κ3) is 3.93. The molecular weight excluding hydrogens is 348 g/mol. The first kappa shape index (κ1) is 18.5. The Kier molecular flexibility index (Phi) is 5.66. The number of carbonyl (C=O) groups is 2. The van der Waals surface area contributed by atoms with Crippen molar-refractivity contribution in [3.05, 3.63) is 34.8 Å². The van der Waals surface area contributed by atoms with Gasteiger partial charge in [0.2, 0.25) is 16.9 Å². The Hall–Kier alpha value is -2.28. The average Bonchev–Trinajstić information content (AvgIpc) is 3.24. The number of aryl methyl sites for hydroxylation is 1. The van der Waals surface area contributed by atoms with Crippen molar-refractivity contribution >= 4 is 34.0 Å². The highest BCUT2D eigenvalue weighted by atomic mass is 32.1. The second-order valence-electron chi connectivity index (χ2n) is 6.69. The molecule has 1 aliphatic heterocycles. The first-order valence-electron chi connectivity index (χ1n) is 9.03. The summed E-state index contributed by atoms with van der Waals surface area (Å²) in [6.45, 7) is 6.64. The van der Waals surface area contributed by atoms with Gasteiger partial charge in [-0.25, -0.2) is 0 Å². The normalized spacial score (nSPS) is 17.2. The molecular formula is C19H24N4O2S. The highest BCUT2D eigenvalue weighted by Crippen LogP contribution is 2.30. The van der Waals surface area contributed by atoms with Gasteiger partial charge in [-0.15, -0.1) is 10.2 Å². The molecule has 2 amide bonds. The number of hydrogen-bond donors (Lipinski definition) is 1. The van der Waals surface area contributed by atoms with Gasteiger partial charge in [0.25, 0.3) is 0 Å².